The minimum absolute atomic E-state index is 0.0144. The zero-order chi connectivity index (χ0) is 26.2. The van der Waals surface area contributed by atoms with Crippen molar-refractivity contribution in [3.8, 4) is 0 Å². The molecule has 0 heterocycles. The molecule has 0 saturated carbocycles. The molecule has 0 aliphatic heterocycles. The number of aliphatic hydroxyl groups is 1. The van der Waals surface area contributed by atoms with Gasteiger partial charge in [-0.25, -0.2) is 0 Å². The van der Waals surface area contributed by atoms with E-state index in [4.69, 9.17) is 4.74 Å². The van der Waals surface area contributed by atoms with Crippen molar-refractivity contribution in [2.24, 2.45) is 5.41 Å². The SMILES string of the molecule is CC(C)(C)C1=CC=C(c2ccc(C(C)(C)C)cc2C(OC(C)(C)C(C)(C)O)c2ccccc2)CC1. The van der Waals surface area contributed by atoms with Crippen LogP contribution in [0.2, 0.25) is 0 Å². The molecule has 2 heteroatoms. The van der Waals surface area contributed by atoms with Crippen LogP contribution in [0.1, 0.15) is 110 Å². The molecule has 1 N–H and O–H groups in total. The van der Waals surface area contributed by atoms with E-state index in [0.717, 1.165) is 18.4 Å². The van der Waals surface area contributed by atoms with Crippen molar-refractivity contribution in [1.29, 1.82) is 0 Å². The Bertz CT molecular complexity index is 1080. The van der Waals surface area contributed by atoms with E-state index in [2.05, 4.69) is 96.2 Å². The van der Waals surface area contributed by atoms with Crippen LogP contribution in [0.3, 0.4) is 0 Å². The monoisotopic (exact) mass is 474 g/mol. The van der Waals surface area contributed by atoms with E-state index in [0.29, 0.717) is 0 Å². The predicted molar refractivity (Wildman–Crippen MR) is 150 cm³/mol. The number of ether oxygens (including phenoxy) is 1. The summed E-state index contributed by atoms with van der Waals surface area (Å²) in [6.07, 6.45) is 6.41. The van der Waals surface area contributed by atoms with E-state index in [1.54, 1.807) is 0 Å². The van der Waals surface area contributed by atoms with Gasteiger partial charge in [-0.2, -0.15) is 0 Å². The maximum absolute atomic E-state index is 11.0. The topological polar surface area (TPSA) is 29.5 Å². The second-order valence-corrected chi connectivity index (χ2v) is 13.2. The molecule has 1 unspecified atom stereocenters. The molecule has 1 aliphatic rings. The molecule has 0 amide bonds. The fourth-order valence-electron chi connectivity index (χ4n) is 4.40. The number of benzene rings is 2. The lowest BCUT2D eigenvalue weighted by atomic mass is 9.77. The van der Waals surface area contributed by atoms with E-state index in [1.165, 1.54) is 27.8 Å². The van der Waals surface area contributed by atoms with Gasteiger partial charge < -0.3 is 9.84 Å². The molecule has 1 atom stereocenters. The van der Waals surface area contributed by atoms with Crippen LogP contribution in [0, 0.1) is 5.41 Å². The smallest absolute Gasteiger partial charge is 0.109 e. The van der Waals surface area contributed by atoms with Crippen molar-refractivity contribution in [2.45, 2.75) is 105 Å². The molecule has 3 rings (SSSR count). The molecule has 190 valence electrons. The third-order valence-corrected chi connectivity index (χ3v) is 7.65. The minimum atomic E-state index is -1.00. The molecule has 0 radical (unpaired) electrons. The van der Waals surface area contributed by atoms with Crippen LogP contribution in [0.15, 0.2) is 66.3 Å². The molecule has 0 bridgehead atoms. The van der Waals surface area contributed by atoms with E-state index in [-0.39, 0.29) is 16.9 Å². The number of hydrogen-bond acceptors (Lipinski definition) is 2. The molecule has 35 heavy (non-hydrogen) atoms. The molecule has 2 nitrogen and oxygen atoms in total. The van der Waals surface area contributed by atoms with Gasteiger partial charge in [0.2, 0.25) is 0 Å². The first kappa shape index (κ1) is 27.4. The van der Waals surface area contributed by atoms with Crippen molar-refractivity contribution in [2.75, 3.05) is 0 Å². The first-order valence-electron chi connectivity index (χ1n) is 13.0. The highest BCUT2D eigenvalue weighted by Gasteiger charge is 2.39. The average molecular weight is 475 g/mol. The molecule has 0 fully saturated rings. The molecular weight excluding hydrogens is 428 g/mol. The quantitative estimate of drug-likeness (QED) is 0.453. The number of rotatable bonds is 6. The Morgan fingerprint density at radius 3 is 1.86 bits per heavy atom. The van der Waals surface area contributed by atoms with Crippen LogP contribution in [0.5, 0.6) is 0 Å². The third-order valence-electron chi connectivity index (χ3n) is 7.65. The summed E-state index contributed by atoms with van der Waals surface area (Å²) in [5.74, 6) is 0. The van der Waals surface area contributed by atoms with Crippen molar-refractivity contribution in [1.82, 2.24) is 0 Å². The van der Waals surface area contributed by atoms with Gasteiger partial charge in [-0.15, -0.1) is 0 Å². The first-order valence-corrected chi connectivity index (χ1v) is 13.0. The van der Waals surface area contributed by atoms with Crippen molar-refractivity contribution < 1.29 is 9.84 Å². The highest BCUT2D eigenvalue weighted by atomic mass is 16.5. The zero-order valence-corrected chi connectivity index (χ0v) is 23.6. The van der Waals surface area contributed by atoms with Gasteiger partial charge in [-0.05, 0) is 79.2 Å². The van der Waals surface area contributed by atoms with Gasteiger partial charge in [0.05, 0.1) is 11.2 Å². The van der Waals surface area contributed by atoms with Crippen LogP contribution in [0.25, 0.3) is 5.57 Å². The second kappa shape index (κ2) is 9.71. The fraction of sp³-hybridized carbons (Fsp3) is 0.515. The maximum atomic E-state index is 11.0. The second-order valence-electron chi connectivity index (χ2n) is 13.2. The summed E-state index contributed by atoms with van der Waals surface area (Å²) in [5.41, 5.74) is 6.06. The minimum Gasteiger partial charge on any atom is -0.387 e. The summed E-state index contributed by atoms with van der Waals surface area (Å²) in [4.78, 5) is 0. The first-order chi connectivity index (χ1) is 16.0. The standard InChI is InChI=1S/C33H46O2/c1-30(2,3)25-18-16-23(17-19-25)27-21-20-26(31(4,5)6)22-28(27)29(24-14-12-11-13-15-24)35-33(9,10)32(7,8)34/h11-16,18,20-22,29,34H,17,19H2,1-10H3. The summed E-state index contributed by atoms with van der Waals surface area (Å²) < 4.78 is 6.86. The molecule has 2 aromatic carbocycles. The number of hydrogen-bond donors (Lipinski definition) is 1. The van der Waals surface area contributed by atoms with Crippen molar-refractivity contribution >= 4 is 5.57 Å². The molecular formula is C33H46O2. The summed E-state index contributed by atoms with van der Waals surface area (Å²) in [5, 5.41) is 11.0. The Labute approximate surface area is 214 Å². The summed E-state index contributed by atoms with van der Waals surface area (Å²) >= 11 is 0. The molecule has 0 saturated heterocycles. The van der Waals surface area contributed by atoms with Crippen LogP contribution in [-0.4, -0.2) is 16.3 Å². The molecule has 0 aromatic heterocycles. The van der Waals surface area contributed by atoms with E-state index >= 15 is 0 Å². The van der Waals surface area contributed by atoms with Crippen LogP contribution < -0.4 is 0 Å². The lowest BCUT2D eigenvalue weighted by Gasteiger charge is -2.41. The Morgan fingerprint density at radius 1 is 0.743 bits per heavy atom. The van der Waals surface area contributed by atoms with Gasteiger partial charge >= 0.3 is 0 Å². The van der Waals surface area contributed by atoms with E-state index in [1.807, 2.05) is 33.8 Å². The maximum Gasteiger partial charge on any atom is 0.109 e. The zero-order valence-electron chi connectivity index (χ0n) is 23.6. The fourth-order valence-corrected chi connectivity index (χ4v) is 4.40. The van der Waals surface area contributed by atoms with Gasteiger partial charge in [0.15, 0.2) is 0 Å². The predicted octanol–water partition coefficient (Wildman–Crippen LogP) is 8.79. The van der Waals surface area contributed by atoms with Gasteiger partial charge in [0.25, 0.3) is 0 Å². The normalized spacial score (nSPS) is 16.5. The Kier molecular flexibility index (Phi) is 7.61. The summed E-state index contributed by atoms with van der Waals surface area (Å²) in [7, 11) is 0. The highest BCUT2D eigenvalue weighted by molar-refractivity contribution is 5.72. The molecule has 0 spiro atoms. The van der Waals surface area contributed by atoms with Crippen LogP contribution in [-0.2, 0) is 10.2 Å². The van der Waals surface area contributed by atoms with Gasteiger partial charge in [-0.3, -0.25) is 0 Å². The lowest BCUT2D eigenvalue weighted by molar-refractivity contribution is -0.167. The van der Waals surface area contributed by atoms with E-state index < -0.39 is 11.2 Å². The van der Waals surface area contributed by atoms with Gasteiger partial charge in [0.1, 0.15) is 6.10 Å². The largest absolute Gasteiger partial charge is 0.387 e. The number of allylic oxidation sites excluding steroid dienone is 4. The van der Waals surface area contributed by atoms with Gasteiger partial charge in [0, 0.05) is 0 Å². The van der Waals surface area contributed by atoms with Crippen molar-refractivity contribution in [3.63, 3.8) is 0 Å². The van der Waals surface area contributed by atoms with Crippen LogP contribution in [0.4, 0.5) is 0 Å². The van der Waals surface area contributed by atoms with Crippen LogP contribution >= 0.6 is 0 Å². The van der Waals surface area contributed by atoms with Crippen molar-refractivity contribution in [3.05, 3.63) is 88.5 Å². The molecule has 2 aromatic rings. The van der Waals surface area contributed by atoms with Gasteiger partial charge in [-0.1, -0.05) is 108 Å². The Hall–Kier alpha value is -2.16. The summed E-state index contributed by atoms with van der Waals surface area (Å²) in [6, 6.07) is 17.3. The average Bonchev–Trinajstić information content (AvgIpc) is 2.76. The molecule has 1 aliphatic carbocycles. The highest BCUT2D eigenvalue weighted by Crippen LogP contribution is 2.43. The lowest BCUT2D eigenvalue weighted by Crippen LogP contribution is -2.48. The van der Waals surface area contributed by atoms with E-state index in [9.17, 15) is 5.11 Å². The Balaban J connectivity index is 2.23. The summed E-state index contributed by atoms with van der Waals surface area (Å²) in [6.45, 7) is 21.2. The third kappa shape index (κ3) is 6.35. The Morgan fingerprint density at radius 2 is 1.37 bits per heavy atom.